The lowest BCUT2D eigenvalue weighted by atomic mass is 9.98. The minimum Gasteiger partial charge on any atom is -0.436 e. The van der Waals surface area contributed by atoms with Crippen molar-refractivity contribution in [1.29, 1.82) is 0 Å². The minimum absolute atomic E-state index is 0.681. The number of nitrogens with zero attached hydrogens (tertiary/aromatic N) is 1. The third-order valence-electron chi connectivity index (χ3n) is 5.71. The summed E-state index contributed by atoms with van der Waals surface area (Å²) in [5, 5.41) is 0. The van der Waals surface area contributed by atoms with Crippen LogP contribution in [0, 0.1) is 34.6 Å². The van der Waals surface area contributed by atoms with Gasteiger partial charge in [-0.05, 0) is 80.1 Å². The Morgan fingerprint density at radius 2 is 1.18 bits per heavy atom. The minimum atomic E-state index is 0.681. The second kappa shape index (κ2) is 7.12. The first-order valence-electron chi connectivity index (χ1n) is 9.66. The van der Waals surface area contributed by atoms with E-state index in [2.05, 4.69) is 95.3 Å². The second-order valence-corrected chi connectivity index (χ2v) is 7.56. The molecule has 4 rings (SSSR count). The maximum Gasteiger partial charge on any atom is 0.227 e. The molecule has 28 heavy (non-hydrogen) atoms. The molecule has 0 radical (unpaired) electrons. The molecular weight excluding hydrogens is 342 g/mol. The topological polar surface area (TPSA) is 26.0 Å². The highest BCUT2D eigenvalue weighted by atomic mass is 16.3. The zero-order valence-electron chi connectivity index (χ0n) is 17.1. The quantitative estimate of drug-likeness (QED) is 0.358. The van der Waals surface area contributed by atoms with Gasteiger partial charge in [0, 0.05) is 5.56 Å². The molecule has 2 heteroatoms. The van der Waals surface area contributed by atoms with E-state index in [-0.39, 0.29) is 0 Å². The molecule has 0 aliphatic heterocycles. The fourth-order valence-corrected chi connectivity index (χ4v) is 3.47. The van der Waals surface area contributed by atoms with Crippen molar-refractivity contribution in [3.05, 3.63) is 87.5 Å². The number of rotatable bonds is 3. The summed E-state index contributed by atoms with van der Waals surface area (Å²) < 4.78 is 6.15. The number of benzene rings is 3. The van der Waals surface area contributed by atoms with E-state index in [1.54, 1.807) is 0 Å². The van der Waals surface area contributed by atoms with E-state index in [0.29, 0.717) is 5.89 Å². The van der Waals surface area contributed by atoms with Crippen molar-refractivity contribution in [3.63, 3.8) is 0 Å². The van der Waals surface area contributed by atoms with Gasteiger partial charge in [-0.3, -0.25) is 0 Å². The number of oxazole rings is 1. The first-order valence-corrected chi connectivity index (χ1v) is 9.66. The Hall–Kier alpha value is -3.13. The summed E-state index contributed by atoms with van der Waals surface area (Å²) in [6.45, 7) is 10.6. The van der Waals surface area contributed by atoms with E-state index in [0.717, 1.165) is 22.2 Å². The molecule has 0 bridgehead atoms. The van der Waals surface area contributed by atoms with Crippen LogP contribution >= 0.6 is 0 Å². The van der Waals surface area contributed by atoms with Crippen LogP contribution in [0.25, 0.3) is 34.7 Å². The van der Waals surface area contributed by atoms with E-state index in [4.69, 9.17) is 9.40 Å². The number of aromatic nitrogens is 1. The summed E-state index contributed by atoms with van der Waals surface area (Å²) in [4.78, 5) is 4.79. The Bertz CT molecular complexity index is 1130. The van der Waals surface area contributed by atoms with E-state index in [9.17, 15) is 0 Å². The molecule has 0 spiro atoms. The van der Waals surface area contributed by atoms with Gasteiger partial charge in [0.25, 0.3) is 0 Å². The number of hydrogen-bond donors (Lipinski definition) is 0. The summed E-state index contributed by atoms with van der Waals surface area (Å²) in [5.74, 6) is 0.681. The van der Waals surface area contributed by atoms with Gasteiger partial charge in [-0.2, -0.15) is 0 Å². The Labute approximate surface area is 166 Å². The number of fused-ring (bicyclic) bond motifs is 1. The summed E-state index contributed by atoms with van der Waals surface area (Å²) >= 11 is 0. The molecule has 0 saturated heterocycles. The van der Waals surface area contributed by atoms with E-state index >= 15 is 0 Å². The third-order valence-corrected chi connectivity index (χ3v) is 5.71. The summed E-state index contributed by atoms with van der Waals surface area (Å²) in [7, 11) is 0. The third kappa shape index (κ3) is 3.27. The number of hydrogen-bond acceptors (Lipinski definition) is 2. The van der Waals surface area contributed by atoms with Crippen LogP contribution in [0.15, 0.2) is 52.9 Å². The normalized spacial score (nSPS) is 11.6. The van der Waals surface area contributed by atoms with Gasteiger partial charge in [0.05, 0.1) is 0 Å². The molecule has 0 atom stereocenters. The van der Waals surface area contributed by atoms with Crippen molar-refractivity contribution in [1.82, 2.24) is 4.98 Å². The molecule has 0 amide bonds. The Morgan fingerprint density at radius 3 is 1.79 bits per heavy atom. The highest BCUT2D eigenvalue weighted by molar-refractivity contribution is 5.85. The van der Waals surface area contributed by atoms with Crippen molar-refractivity contribution in [2.45, 2.75) is 34.6 Å². The van der Waals surface area contributed by atoms with E-state index in [1.807, 2.05) is 0 Å². The van der Waals surface area contributed by atoms with Gasteiger partial charge in [0.1, 0.15) is 5.52 Å². The van der Waals surface area contributed by atoms with Crippen molar-refractivity contribution in [2.24, 2.45) is 0 Å². The lowest BCUT2D eigenvalue weighted by Crippen LogP contribution is -1.92. The molecule has 0 unspecified atom stereocenters. The Kier molecular flexibility index (Phi) is 4.64. The maximum atomic E-state index is 6.15. The van der Waals surface area contributed by atoms with Crippen LogP contribution in [-0.2, 0) is 0 Å². The molecule has 1 aromatic heterocycles. The molecule has 0 aliphatic rings. The molecular formula is C26H25NO. The zero-order valence-corrected chi connectivity index (χ0v) is 17.1. The van der Waals surface area contributed by atoms with Crippen LogP contribution in [0.2, 0.25) is 0 Å². The SMILES string of the molecule is Cc1ccc(/C=C/c2ccc(-c3nc4c(C)c(C)c(C)c(C)c4o3)cc2)cc1. The average Bonchev–Trinajstić information content (AvgIpc) is 3.16. The average molecular weight is 367 g/mol. The molecule has 0 aliphatic carbocycles. The standard InChI is InChI=1S/C26H25NO/c1-16-6-8-21(9-7-16)10-11-22-12-14-23(15-13-22)26-27-24-19(4)17(2)18(3)20(5)25(24)28-26/h6-15H,1-5H3/b11-10+. The van der Waals surface area contributed by atoms with E-state index < -0.39 is 0 Å². The lowest BCUT2D eigenvalue weighted by Gasteiger charge is -2.08. The van der Waals surface area contributed by atoms with Gasteiger partial charge in [0.15, 0.2) is 5.58 Å². The van der Waals surface area contributed by atoms with Crippen LogP contribution in [0.3, 0.4) is 0 Å². The number of aryl methyl sites for hydroxylation is 3. The van der Waals surface area contributed by atoms with Crippen molar-refractivity contribution < 1.29 is 4.42 Å². The van der Waals surface area contributed by atoms with Gasteiger partial charge in [0.2, 0.25) is 5.89 Å². The monoisotopic (exact) mass is 367 g/mol. The lowest BCUT2D eigenvalue weighted by molar-refractivity contribution is 0.617. The summed E-state index contributed by atoms with van der Waals surface area (Å²) in [6, 6.07) is 16.9. The van der Waals surface area contributed by atoms with Crippen molar-refractivity contribution >= 4 is 23.3 Å². The van der Waals surface area contributed by atoms with Gasteiger partial charge in [-0.15, -0.1) is 0 Å². The highest BCUT2D eigenvalue weighted by Crippen LogP contribution is 2.32. The molecule has 1 heterocycles. The fraction of sp³-hybridized carbons (Fsp3) is 0.192. The van der Waals surface area contributed by atoms with Gasteiger partial charge < -0.3 is 4.42 Å². The molecule has 3 aromatic carbocycles. The van der Waals surface area contributed by atoms with Gasteiger partial charge in [-0.1, -0.05) is 54.1 Å². The molecule has 2 nitrogen and oxygen atoms in total. The largest absolute Gasteiger partial charge is 0.436 e. The Balaban J connectivity index is 1.64. The molecule has 0 fully saturated rings. The fourth-order valence-electron chi connectivity index (χ4n) is 3.47. The zero-order chi connectivity index (χ0) is 19.8. The smallest absolute Gasteiger partial charge is 0.227 e. The molecule has 4 aromatic rings. The van der Waals surface area contributed by atoms with Crippen LogP contribution in [0.5, 0.6) is 0 Å². The van der Waals surface area contributed by atoms with Crippen LogP contribution in [0.1, 0.15) is 38.9 Å². The molecule has 0 N–H and O–H groups in total. The van der Waals surface area contributed by atoms with Gasteiger partial charge >= 0.3 is 0 Å². The summed E-state index contributed by atoms with van der Waals surface area (Å²) in [6.07, 6.45) is 4.26. The van der Waals surface area contributed by atoms with Crippen LogP contribution in [0.4, 0.5) is 0 Å². The van der Waals surface area contributed by atoms with Crippen LogP contribution < -0.4 is 0 Å². The highest BCUT2D eigenvalue weighted by Gasteiger charge is 2.16. The van der Waals surface area contributed by atoms with Crippen molar-refractivity contribution in [2.75, 3.05) is 0 Å². The summed E-state index contributed by atoms with van der Waals surface area (Å²) in [5.41, 5.74) is 11.4. The van der Waals surface area contributed by atoms with Gasteiger partial charge in [-0.25, -0.2) is 4.98 Å². The first-order chi connectivity index (χ1) is 13.4. The Morgan fingerprint density at radius 1 is 0.643 bits per heavy atom. The first kappa shape index (κ1) is 18.2. The molecule has 140 valence electrons. The molecule has 0 saturated carbocycles. The van der Waals surface area contributed by atoms with Crippen LogP contribution in [-0.4, -0.2) is 4.98 Å². The van der Waals surface area contributed by atoms with Crippen molar-refractivity contribution in [3.8, 4) is 11.5 Å². The maximum absolute atomic E-state index is 6.15. The predicted octanol–water partition coefficient (Wildman–Crippen LogP) is 7.21. The van der Waals surface area contributed by atoms with E-state index in [1.165, 1.54) is 33.4 Å². The second-order valence-electron chi connectivity index (χ2n) is 7.56. The predicted molar refractivity (Wildman–Crippen MR) is 119 cm³/mol.